The molecule has 3 rings (SSSR count). The minimum atomic E-state index is 0.740. The van der Waals surface area contributed by atoms with Crippen molar-refractivity contribution in [1.29, 1.82) is 0 Å². The molecule has 2 saturated heterocycles. The standard InChI is InChI=1S/C13H25N3/c1-11(2)16-9-13(10-16)15-7-5-14(6-8-15)12-3-4-12/h11-13H,3-10H2,1-2H3. The van der Waals surface area contributed by atoms with E-state index in [0.29, 0.717) is 0 Å². The van der Waals surface area contributed by atoms with Gasteiger partial charge in [-0.3, -0.25) is 14.7 Å². The van der Waals surface area contributed by atoms with Crippen LogP contribution in [-0.4, -0.2) is 72.1 Å². The van der Waals surface area contributed by atoms with Gasteiger partial charge in [0.15, 0.2) is 0 Å². The maximum absolute atomic E-state index is 2.72. The van der Waals surface area contributed by atoms with Crippen LogP contribution in [0, 0.1) is 0 Å². The van der Waals surface area contributed by atoms with Crippen LogP contribution in [0.15, 0.2) is 0 Å². The lowest BCUT2D eigenvalue weighted by Crippen LogP contribution is -2.64. The molecule has 0 aromatic rings. The lowest BCUT2D eigenvalue weighted by atomic mass is 10.0. The Hall–Kier alpha value is -0.120. The average Bonchev–Trinajstić information content (AvgIpc) is 2.99. The van der Waals surface area contributed by atoms with Crippen molar-refractivity contribution < 1.29 is 0 Å². The van der Waals surface area contributed by atoms with Crippen LogP contribution in [0.1, 0.15) is 26.7 Å². The monoisotopic (exact) mass is 223 g/mol. The van der Waals surface area contributed by atoms with Gasteiger partial charge in [0.2, 0.25) is 0 Å². The molecule has 3 aliphatic rings. The van der Waals surface area contributed by atoms with E-state index in [4.69, 9.17) is 0 Å². The lowest BCUT2D eigenvalue weighted by Gasteiger charge is -2.49. The van der Waals surface area contributed by atoms with Crippen LogP contribution in [0.25, 0.3) is 0 Å². The zero-order valence-electron chi connectivity index (χ0n) is 10.7. The van der Waals surface area contributed by atoms with E-state index in [9.17, 15) is 0 Å². The Morgan fingerprint density at radius 1 is 0.812 bits per heavy atom. The van der Waals surface area contributed by atoms with Crippen LogP contribution in [0.3, 0.4) is 0 Å². The fraction of sp³-hybridized carbons (Fsp3) is 1.00. The van der Waals surface area contributed by atoms with Gasteiger partial charge in [0.1, 0.15) is 0 Å². The first-order valence-corrected chi connectivity index (χ1v) is 6.96. The summed E-state index contributed by atoms with van der Waals surface area (Å²) in [6.45, 7) is 12.5. The Balaban J connectivity index is 1.41. The lowest BCUT2D eigenvalue weighted by molar-refractivity contribution is -0.0106. The van der Waals surface area contributed by atoms with Gasteiger partial charge in [-0.15, -0.1) is 0 Å². The summed E-state index contributed by atoms with van der Waals surface area (Å²) in [6.07, 6.45) is 2.93. The van der Waals surface area contributed by atoms with Crippen LogP contribution in [-0.2, 0) is 0 Å². The predicted molar refractivity (Wildman–Crippen MR) is 66.7 cm³/mol. The maximum atomic E-state index is 2.72. The van der Waals surface area contributed by atoms with Gasteiger partial charge in [0.25, 0.3) is 0 Å². The van der Waals surface area contributed by atoms with Crippen LogP contribution in [0.4, 0.5) is 0 Å². The van der Waals surface area contributed by atoms with Crippen molar-refractivity contribution in [2.75, 3.05) is 39.3 Å². The summed E-state index contributed by atoms with van der Waals surface area (Å²) >= 11 is 0. The zero-order chi connectivity index (χ0) is 11.1. The van der Waals surface area contributed by atoms with Crippen molar-refractivity contribution in [3.05, 3.63) is 0 Å². The smallest absolute Gasteiger partial charge is 0.0351 e. The van der Waals surface area contributed by atoms with E-state index in [1.54, 1.807) is 0 Å². The van der Waals surface area contributed by atoms with Crippen molar-refractivity contribution in [3.8, 4) is 0 Å². The van der Waals surface area contributed by atoms with Crippen LogP contribution >= 0.6 is 0 Å². The Labute approximate surface area is 99.4 Å². The number of hydrogen-bond acceptors (Lipinski definition) is 3. The molecule has 3 heteroatoms. The summed E-state index contributed by atoms with van der Waals surface area (Å²) < 4.78 is 0. The first-order chi connectivity index (χ1) is 7.74. The highest BCUT2D eigenvalue weighted by molar-refractivity contribution is 4.94. The zero-order valence-corrected chi connectivity index (χ0v) is 10.7. The van der Waals surface area contributed by atoms with Crippen molar-refractivity contribution >= 4 is 0 Å². The number of rotatable bonds is 3. The Bertz CT molecular complexity index is 236. The van der Waals surface area contributed by atoms with Gasteiger partial charge >= 0.3 is 0 Å². The summed E-state index contributed by atoms with van der Waals surface area (Å²) in [4.78, 5) is 8.01. The Morgan fingerprint density at radius 2 is 1.31 bits per heavy atom. The van der Waals surface area contributed by atoms with Gasteiger partial charge < -0.3 is 0 Å². The van der Waals surface area contributed by atoms with Gasteiger partial charge in [0.05, 0.1) is 0 Å². The molecular formula is C13H25N3. The molecule has 3 nitrogen and oxygen atoms in total. The second-order valence-electron chi connectivity index (χ2n) is 6.00. The molecule has 2 aliphatic heterocycles. The van der Waals surface area contributed by atoms with Gasteiger partial charge in [0, 0.05) is 57.4 Å². The fourth-order valence-electron chi connectivity index (χ4n) is 3.05. The van der Waals surface area contributed by atoms with E-state index in [1.165, 1.54) is 52.1 Å². The summed E-state index contributed by atoms with van der Waals surface area (Å²) in [5, 5.41) is 0. The van der Waals surface area contributed by atoms with Crippen molar-refractivity contribution in [1.82, 2.24) is 14.7 Å². The van der Waals surface area contributed by atoms with E-state index in [1.807, 2.05) is 0 Å². The predicted octanol–water partition coefficient (Wildman–Crippen LogP) is 0.859. The topological polar surface area (TPSA) is 9.72 Å². The highest BCUT2D eigenvalue weighted by Crippen LogP contribution is 2.28. The van der Waals surface area contributed by atoms with E-state index >= 15 is 0 Å². The molecule has 1 aliphatic carbocycles. The van der Waals surface area contributed by atoms with Crippen LogP contribution in [0.2, 0.25) is 0 Å². The van der Waals surface area contributed by atoms with Crippen molar-refractivity contribution in [2.24, 2.45) is 0 Å². The molecular weight excluding hydrogens is 198 g/mol. The van der Waals surface area contributed by atoms with Crippen molar-refractivity contribution in [2.45, 2.75) is 44.8 Å². The van der Waals surface area contributed by atoms with E-state index < -0.39 is 0 Å². The van der Waals surface area contributed by atoms with Gasteiger partial charge in [-0.2, -0.15) is 0 Å². The third kappa shape index (κ3) is 2.13. The molecule has 16 heavy (non-hydrogen) atoms. The van der Waals surface area contributed by atoms with E-state index in [2.05, 4.69) is 28.5 Å². The molecule has 0 radical (unpaired) electrons. The largest absolute Gasteiger partial charge is 0.298 e. The van der Waals surface area contributed by atoms with Crippen LogP contribution < -0.4 is 0 Å². The minimum Gasteiger partial charge on any atom is -0.298 e. The molecule has 0 spiro atoms. The summed E-state index contributed by atoms with van der Waals surface area (Å²) in [5.74, 6) is 0. The number of piperazine rings is 1. The Kier molecular flexibility index (Phi) is 2.94. The van der Waals surface area contributed by atoms with E-state index in [-0.39, 0.29) is 0 Å². The maximum Gasteiger partial charge on any atom is 0.0351 e. The SMILES string of the molecule is CC(C)N1CC(N2CCN(C3CC3)CC2)C1. The third-order valence-corrected chi connectivity index (χ3v) is 4.55. The molecule has 0 aromatic heterocycles. The molecule has 1 saturated carbocycles. The molecule has 0 atom stereocenters. The number of nitrogens with zero attached hydrogens (tertiary/aromatic N) is 3. The molecule has 2 heterocycles. The fourth-order valence-corrected chi connectivity index (χ4v) is 3.05. The Morgan fingerprint density at radius 3 is 1.75 bits per heavy atom. The quantitative estimate of drug-likeness (QED) is 0.702. The molecule has 0 unspecified atom stereocenters. The number of likely N-dealkylation sites (tertiary alicyclic amines) is 1. The molecule has 92 valence electrons. The molecule has 0 bridgehead atoms. The molecule has 0 amide bonds. The second-order valence-corrected chi connectivity index (χ2v) is 6.00. The van der Waals surface area contributed by atoms with Crippen LogP contribution in [0.5, 0.6) is 0 Å². The van der Waals surface area contributed by atoms with Crippen molar-refractivity contribution in [3.63, 3.8) is 0 Å². The molecule has 0 aromatic carbocycles. The highest BCUT2D eigenvalue weighted by atomic mass is 15.4. The average molecular weight is 223 g/mol. The second kappa shape index (κ2) is 4.28. The third-order valence-electron chi connectivity index (χ3n) is 4.55. The summed E-state index contributed by atoms with van der Waals surface area (Å²) in [6, 6.07) is 2.57. The van der Waals surface area contributed by atoms with E-state index in [0.717, 1.165) is 18.1 Å². The molecule has 3 fully saturated rings. The van der Waals surface area contributed by atoms with Gasteiger partial charge in [-0.05, 0) is 26.7 Å². The molecule has 0 N–H and O–H groups in total. The first-order valence-electron chi connectivity index (χ1n) is 6.96. The summed E-state index contributed by atoms with van der Waals surface area (Å²) in [7, 11) is 0. The highest BCUT2D eigenvalue weighted by Gasteiger charge is 2.37. The van der Waals surface area contributed by atoms with Gasteiger partial charge in [-0.1, -0.05) is 0 Å². The summed E-state index contributed by atoms with van der Waals surface area (Å²) in [5.41, 5.74) is 0. The minimum absolute atomic E-state index is 0.740. The first kappa shape index (κ1) is 11.0. The number of hydrogen-bond donors (Lipinski definition) is 0. The normalized spacial score (nSPS) is 30.9. The van der Waals surface area contributed by atoms with Gasteiger partial charge in [-0.25, -0.2) is 0 Å².